The van der Waals surface area contributed by atoms with E-state index in [4.69, 9.17) is 16.1 Å². The van der Waals surface area contributed by atoms with Crippen molar-refractivity contribution < 1.29 is 22.8 Å². The van der Waals surface area contributed by atoms with E-state index in [1.54, 1.807) is 0 Å². The maximum Gasteiger partial charge on any atom is 0.336 e. The molecule has 1 aromatic carbocycles. The number of nitrogens with zero attached hydrogens (tertiary/aromatic N) is 2. The van der Waals surface area contributed by atoms with Crippen molar-refractivity contribution >= 4 is 27.6 Å². The number of hydrogen-bond acceptors (Lipinski definition) is 5. The summed E-state index contributed by atoms with van der Waals surface area (Å²) in [5, 5.41) is 13.1. The highest BCUT2D eigenvalue weighted by atomic mass is 35.5. The number of rotatable bonds is 6. The van der Waals surface area contributed by atoms with Gasteiger partial charge in [0.2, 0.25) is 10.0 Å². The molecule has 1 N–H and O–H groups in total. The molecule has 0 aliphatic heterocycles. The van der Waals surface area contributed by atoms with Gasteiger partial charge in [0.1, 0.15) is 6.26 Å². The van der Waals surface area contributed by atoms with E-state index in [-0.39, 0.29) is 22.0 Å². The summed E-state index contributed by atoms with van der Waals surface area (Å²) in [6, 6.07) is 2.37. The molecule has 24 heavy (non-hydrogen) atoms. The molecule has 2 rings (SSSR count). The normalized spacial score (nSPS) is 11.9. The predicted molar refractivity (Wildman–Crippen MR) is 87.7 cm³/mol. The lowest BCUT2D eigenvalue weighted by atomic mass is 10.1. The lowest BCUT2D eigenvalue weighted by Gasteiger charge is -2.18. The molecule has 9 heteroatoms. The van der Waals surface area contributed by atoms with Gasteiger partial charge in [-0.2, -0.15) is 4.31 Å². The van der Waals surface area contributed by atoms with E-state index < -0.39 is 16.0 Å². The Bertz CT molecular complexity index is 876. The number of sulfonamides is 1. The second-order valence-corrected chi connectivity index (χ2v) is 7.74. The summed E-state index contributed by atoms with van der Waals surface area (Å²) >= 11 is 5.99. The molecule has 0 amide bonds. The Hall–Kier alpha value is -1.90. The molecule has 0 radical (unpaired) electrons. The van der Waals surface area contributed by atoms with Gasteiger partial charge < -0.3 is 9.63 Å². The van der Waals surface area contributed by atoms with Crippen molar-refractivity contribution in [2.24, 2.45) is 0 Å². The number of halogens is 1. The zero-order valence-electron chi connectivity index (χ0n) is 13.4. The summed E-state index contributed by atoms with van der Waals surface area (Å²) in [5.41, 5.74) is 1.50. The number of aromatic nitrogens is 1. The number of benzene rings is 1. The molecule has 1 heterocycles. The Morgan fingerprint density at radius 3 is 2.67 bits per heavy atom. The summed E-state index contributed by atoms with van der Waals surface area (Å²) in [7, 11) is -2.52. The van der Waals surface area contributed by atoms with Crippen molar-refractivity contribution in [1.82, 2.24) is 9.46 Å². The molecular weight excluding hydrogens is 356 g/mol. The van der Waals surface area contributed by atoms with Crippen LogP contribution in [-0.4, -0.2) is 36.0 Å². The molecule has 0 saturated heterocycles. The van der Waals surface area contributed by atoms with Gasteiger partial charge in [0.15, 0.2) is 0 Å². The molecule has 7 nitrogen and oxygen atoms in total. The largest absolute Gasteiger partial charge is 0.478 e. The smallest absolute Gasteiger partial charge is 0.336 e. The Morgan fingerprint density at radius 1 is 1.42 bits per heavy atom. The van der Waals surface area contributed by atoms with Crippen LogP contribution >= 0.6 is 11.6 Å². The van der Waals surface area contributed by atoms with E-state index in [2.05, 4.69) is 5.16 Å². The van der Waals surface area contributed by atoms with Crippen molar-refractivity contribution in [1.29, 1.82) is 0 Å². The van der Waals surface area contributed by atoms with Gasteiger partial charge in [-0.3, -0.25) is 0 Å². The third-order valence-corrected chi connectivity index (χ3v) is 5.89. The van der Waals surface area contributed by atoms with Gasteiger partial charge in [0, 0.05) is 24.2 Å². The Balaban J connectivity index is 2.41. The number of aromatic carboxylic acids is 1. The van der Waals surface area contributed by atoms with E-state index in [0.717, 1.165) is 10.4 Å². The summed E-state index contributed by atoms with van der Waals surface area (Å²) in [6.07, 6.45) is 2.01. The van der Waals surface area contributed by atoms with Gasteiger partial charge in [-0.1, -0.05) is 23.7 Å². The highest BCUT2D eigenvalue weighted by molar-refractivity contribution is 7.89. The number of hydrogen-bond donors (Lipinski definition) is 1. The molecule has 0 fully saturated rings. The summed E-state index contributed by atoms with van der Waals surface area (Å²) in [5.74, 6) is -1.23. The molecule has 0 atom stereocenters. The summed E-state index contributed by atoms with van der Waals surface area (Å²) in [4.78, 5) is 11.1. The van der Waals surface area contributed by atoms with Gasteiger partial charge in [0.05, 0.1) is 16.2 Å². The lowest BCUT2D eigenvalue weighted by molar-refractivity contribution is 0.0696. The number of carboxylic acids is 1. The van der Waals surface area contributed by atoms with Crippen LogP contribution in [0.5, 0.6) is 0 Å². The van der Waals surface area contributed by atoms with Crippen LogP contribution in [0, 0.1) is 6.92 Å². The zero-order valence-corrected chi connectivity index (χ0v) is 15.0. The first-order valence-electron chi connectivity index (χ1n) is 7.10. The highest BCUT2D eigenvalue weighted by Gasteiger charge is 2.25. The van der Waals surface area contributed by atoms with Crippen LogP contribution in [0.15, 0.2) is 27.8 Å². The highest BCUT2D eigenvalue weighted by Crippen LogP contribution is 2.27. The first-order chi connectivity index (χ1) is 11.2. The minimum atomic E-state index is -3.92. The minimum absolute atomic E-state index is 0.0584. The standard InChI is InChI=1S/C15H17ClN2O5S/c1-4-14-10(8-23-17-14)7-18(3)24(21,22)11-5-12(15(19)20)9(2)13(16)6-11/h5-6,8H,4,7H2,1-3H3,(H,19,20). The molecule has 2 aromatic rings. The van der Waals surface area contributed by atoms with Crippen LogP contribution < -0.4 is 0 Å². The molecule has 0 bridgehead atoms. The maximum absolute atomic E-state index is 12.7. The monoisotopic (exact) mass is 372 g/mol. The SMILES string of the molecule is CCc1nocc1CN(C)S(=O)(=O)c1cc(Cl)c(C)c(C(=O)O)c1. The molecule has 0 unspecified atom stereocenters. The van der Waals surface area contributed by atoms with Gasteiger partial charge in [-0.15, -0.1) is 0 Å². The minimum Gasteiger partial charge on any atom is -0.478 e. The molecule has 0 aliphatic rings. The zero-order chi connectivity index (χ0) is 18.1. The maximum atomic E-state index is 12.7. The summed E-state index contributed by atoms with van der Waals surface area (Å²) in [6.45, 7) is 3.47. The van der Waals surface area contributed by atoms with Crippen LogP contribution in [0.1, 0.15) is 34.1 Å². The van der Waals surface area contributed by atoms with Crippen molar-refractivity contribution in [3.63, 3.8) is 0 Å². The fourth-order valence-electron chi connectivity index (χ4n) is 2.23. The van der Waals surface area contributed by atoms with Gasteiger partial charge in [-0.05, 0) is 31.0 Å². The second-order valence-electron chi connectivity index (χ2n) is 5.28. The van der Waals surface area contributed by atoms with Crippen LogP contribution in [0.3, 0.4) is 0 Å². The molecule has 1 aromatic heterocycles. The fourth-order valence-corrected chi connectivity index (χ4v) is 3.72. The third-order valence-electron chi connectivity index (χ3n) is 3.71. The number of carboxylic acid groups (broad SMARTS) is 1. The third kappa shape index (κ3) is 3.45. The van der Waals surface area contributed by atoms with Crippen LogP contribution in [-0.2, 0) is 23.0 Å². The van der Waals surface area contributed by atoms with Gasteiger partial charge in [-0.25, -0.2) is 13.2 Å². The van der Waals surface area contributed by atoms with Crippen LogP contribution in [0.25, 0.3) is 0 Å². The van der Waals surface area contributed by atoms with Gasteiger partial charge >= 0.3 is 5.97 Å². The van der Waals surface area contributed by atoms with E-state index in [0.29, 0.717) is 23.2 Å². The molecule has 0 saturated carbocycles. The Kier molecular flexibility index (Phi) is 5.32. The Morgan fingerprint density at radius 2 is 2.08 bits per heavy atom. The number of carbonyl (C=O) groups is 1. The predicted octanol–water partition coefficient (Wildman–Crippen LogP) is 2.72. The van der Waals surface area contributed by atoms with E-state index in [9.17, 15) is 18.3 Å². The van der Waals surface area contributed by atoms with Crippen LogP contribution in [0.2, 0.25) is 5.02 Å². The first-order valence-corrected chi connectivity index (χ1v) is 8.92. The van der Waals surface area contributed by atoms with Crippen LogP contribution in [0.4, 0.5) is 0 Å². The van der Waals surface area contributed by atoms with Crippen molar-refractivity contribution in [2.75, 3.05) is 7.05 Å². The second kappa shape index (κ2) is 6.92. The topological polar surface area (TPSA) is 101 Å². The molecule has 0 aliphatic carbocycles. The lowest BCUT2D eigenvalue weighted by Crippen LogP contribution is -2.27. The van der Waals surface area contributed by atoms with E-state index in [1.165, 1.54) is 26.3 Å². The molecule has 130 valence electrons. The quantitative estimate of drug-likeness (QED) is 0.836. The van der Waals surface area contributed by atoms with Crippen molar-refractivity contribution in [3.8, 4) is 0 Å². The summed E-state index contributed by atoms with van der Waals surface area (Å²) < 4.78 is 31.4. The van der Waals surface area contributed by atoms with E-state index in [1.807, 2.05) is 6.92 Å². The van der Waals surface area contributed by atoms with E-state index >= 15 is 0 Å². The molecular formula is C15H17ClN2O5S. The fraction of sp³-hybridized carbons (Fsp3) is 0.333. The molecule has 0 spiro atoms. The Labute approximate surface area is 144 Å². The van der Waals surface area contributed by atoms with Crippen molar-refractivity contribution in [2.45, 2.75) is 31.7 Å². The average molecular weight is 373 g/mol. The van der Waals surface area contributed by atoms with Crippen molar-refractivity contribution in [3.05, 3.63) is 45.8 Å². The first kappa shape index (κ1) is 18.4. The average Bonchev–Trinajstić information content (AvgIpc) is 2.96. The van der Waals surface area contributed by atoms with Gasteiger partial charge in [0.25, 0.3) is 0 Å². The number of aryl methyl sites for hydroxylation is 1.